The first kappa shape index (κ1) is 12.5. The average Bonchev–Trinajstić information content (AvgIpc) is 2.90. The van der Waals surface area contributed by atoms with E-state index in [2.05, 4.69) is 11.9 Å². The van der Waals surface area contributed by atoms with Gasteiger partial charge in [-0.15, -0.1) is 6.58 Å². The van der Waals surface area contributed by atoms with Crippen LogP contribution < -0.4 is 11.1 Å². The minimum absolute atomic E-state index is 0.0782. The number of nitrogens with zero attached hydrogens (tertiary/aromatic N) is 1. The van der Waals surface area contributed by atoms with Crippen LogP contribution in [0.4, 0.5) is 11.4 Å². The highest BCUT2D eigenvalue weighted by atomic mass is 16.2. The highest BCUT2D eigenvalue weighted by Gasteiger charge is 2.19. The van der Waals surface area contributed by atoms with Crippen LogP contribution in [0.5, 0.6) is 0 Å². The first-order valence-electron chi connectivity index (χ1n) is 6.26. The molecule has 0 spiro atoms. The van der Waals surface area contributed by atoms with E-state index in [1.165, 1.54) is 0 Å². The zero-order valence-electron chi connectivity index (χ0n) is 10.5. The van der Waals surface area contributed by atoms with Gasteiger partial charge in [0, 0.05) is 25.2 Å². The largest absolute Gasteiger partial charge is 0.397 e. The highest BCUT2D eigenvalue weighted by Crippen LogP contribution is 2.21. The third kappa shape index (κ3) is 2.64. The smallest absolute Gasteiger partial charge is 0.253 e. The first-order valence-corrected chi connectivity index (χ1v) is 6.26. The van der Waals surface area contributed by atoms with E-state index in [1.807, 2.05) is 17.0 Å². The molecule has 4 nitrogen and oxygen atoms in total. The number of hydrogen-bond donors (Lipinski definition) is 2. The third-order valence-electron chi connectivity index (χ3n) is 3.13. The fourth-order valence-corrected chi connectivity index (χ4v) is 2.14. The van der Waals surface area contributed by atoms with Crippen LogP contribution in [0.2, 0.25) is 0 Å². The molecule has 0 aliphatic carbocycles. The molecular weight excluding hydrogens is 226 g/mol. The van der Waals surface area contributed by atoms with Crippen molar-refractivity contribution < 1.29 is 4.79 Å². The van der Waals surface area contributed by atoms with Crippen molar-refractivity contribution in [3.05, 3.63) is 36.4 Å². The Labute approximate surface area is 107 Å². The van der Waals surface area contributed by atoms with E-state index in [-0.39, 0.29) is 5.91 Å². The van der Waals surface area contributed by atoms with Crippen LogP contribution in [0.25, 0.3) is 0 Å². The lowest BCUT2D eigenvalue weighted by Crippen LogP contribution is -2.27. The van der Waals surface area contributed by atoms with Crippen molar-refractivity contribution in [2.75, 3.05) is 30.7 Å². The molecule has 0 unspecified atom stereocenters. The van der Waals surface area contributed by atoms with Gasteiger partial charge in [0.05, 0.1) is 11.4 Å². The van der Waals surface area contributed by atoms with Gasteiger partial charge in [0.2, 0.25) is 0 Å². The molecule has 96 valence electrons. The number of rotatable bonds is 4. The third-order valence-corrected chi connectivity index (χ3v) is 3.13. The molecule has 0 atom stereocenters. The number of benzene rings is 1. The molecule has 18 heavy (non-hydrogen) atoms. The number of hydrogen-bond acceptors (Lipinski definition) is 3. The summed E-state index contributed by atoms with van der Waals surface area (Å²) >= 11 is 0. The number of carbonyl (C=O) groups is 1. The van der Waals surface area contributed by atoms with E-state index in [9.17, 15) is 4.79 Å². The number of nitrogen functional groups attached to an aromatic ring is 1. The fourth-order valence-electron chi connectivity index (χ4n) is 2.14. The molecule has 0 saturated carbocycles. The lowest BCUT2D eigenvalue weighted by molar-refractivity contribution is 0.0793. The van der Waals surface area contributed by atoms with E-state index < -0.39 is 0 Å². The Hall–Kier alpha value is -1.97. The number of amides is 1. The summed E-state index contributed by atoms with van der Waals surface area (Å²) in [5.74, 6) is 0.0782. The van der Waals surface area contributed by atoms with E-state index in [0.717, 1.165) is 31.6 Å². The van der Waals surface area contributed by atoms with Gasteiger partial charge in [-0.3, -0.25) is 4.79 Å². The molecule has 4 heteroatoms. The minimum atomic E-state index is 0.0782. The summed E-state index contributed by atoms with van der Waals surface area (Å²) < 4.78 is 0. The van der Waals surface area contributed by atoms with Crippen LogP contribution in [-0.4, -0.2) is 30.4 Å². The van der Waals surface area contributed by atoms with Gasteiger partial charge in [0.1, 0.15) is 0 Å². The Balaban J connectivity index is 2.12. The summed E-state index contributed by atoms with van der Waals surface area (Å²) in [7, 11) is 0. The predicted molar refractivity (Wildman–Crippen MR) is 74.7 cm³/mol. The number of nitrogens with one attached hydrogen (secondary N) is 1. The second-order valence-electron chi connectivity index (χ2n) is 4.47. The summed E-state index contributed by atoms with van der Waals surface area (Å²) in [6, 6.07) is 5.41. The Morgan fingerprint density at radius 1 is 1.44 bits per heavy atom. The van der Waals surface area contributed by atoms with Crippen LogP contribution in [0, 0.1) is 0 Å². The molecule has 1 amide bonds. The second-order valence-corrected chi connectivity index (χ2v) is 4.47. The topological polar surface area (TPSA) is 58.4 Å². The molecule has 1 fully saturated rings. The molecule has 3 N–H and O–H groups in total. The molecule has 0 bridgehead atoms. The van der Waals surface area contributed by atoms with E-state index >= 15 is 0 Å². The maximum absolute atomic E-state index is 12.2. The van der Waals surface area contributed by atoms with Crippen molar-refractivity contribution in [1.29, 1.82) is 0 Å². The molecule has 1 aliphatic rings. The van der Waals surface area contributed by atoms with E-state index in [1.54, 1.807) is 12.1 Å². The van der Waals surface area contributed by atoms with E-state index in [0.29, 0.717) is 17.8 Å². The van der Waals surface area contributed by atoms with Gasteiger partial charge in [-0.25, -0.2) is 0 Å². The Morgan fingerprint density at radius 2 is 2.17 bits per heavy atom. The highest BCUT2D eigenvalue weighted by molar-refractivity contribution is 5.96. The average molecular weight is 245 g/mol. The lowest BCUT2D eigenvalue weighted by Gasteiger charge is -2.16. The maximum atomic E-state index is 12.2. The molecule has 2 rings (SSSR count). The molecule has 1 aromatic carbocycles. The van der Waals surface area contributed by atoms with E-state index in [4.69, 9.17) is 5.73 Å². The summed E-state index contributed by atoms with van der Waals surface area (Å²) in [4.78, 5) is 14.0. The van der Waals surface area contributed by atoms with Crippen molar-refractivity contribution in [2.24, 2.45) is 0 Å². The summed E-state index contributed by atoms with van der Waals surface area (Å²) in [5, 5.41) is 3.13. The van der Waals surface area contributed by atoms with Crippen molar-refractivity contribution in [3.63, 3.8) is 0 Å². The lowest BCUT2D eigenvalue weighted by atomic mass is 10.1. The minimum Gasteiger partial charge on any atom is -0.397 e. The Bertz CT molecular complexity index is 450. The monoisotopic (exact) mass is 245 g/mol. The quantitative estimate of drug-likeness (QED) is 0.631. The van der Waals surface area contributed by atoms with Crippen LogP contribution >= 0.6 is 0 Å². The molecular formula is C14H19N3O. The van der Waals surface area contributed by atoms with Crippen molar-refractivity contribution in [2.45, 2.75) is 12.8 Å². The van der Waals surface area contributed by atoms with Gasteiger partial charge in [-0.1, -0.05) is 6.08 Å². The zero-order valence-corrected chi connectivity index (χ0v) is 10.5. The van der Waals surface area contributed by atoms with Crippen molar-refractivity contribution in [3.8, 4) is 0 Å². The van der Waals surface area contributed by atoms with Gasteiger partial charge in [0.15, 0.2) is 0 Å². The van der Waals surface area contributed by atoms with Crippen LogP contribution in [0.1, 0.15) is 23.2 Å². The Kier molecular flexibility index (Phi) is 3.87. The standard InChI is InChI=1S/C14H19N3O/c1-2-7-16-13-6-5-11(10-12(13)15)14(18)17-8-3-4-9-17/h2,5-6,10,16H,1,3-4,7-9,15H2. The maximum Gasteiger partial charge on any atom is 0.253 e. The molecule has 1 heterocycles. The second kappa shape index (κ2) is 5.58. The summed E-state index contributed by atoms with van der Waals surface area (Å²) in [6.07, 6.45) is 3.96. The van der Waals surface area contributed by atoms with Gasteiger partial charge in [-0.2, -0.15) is 0 Å². The molecule has 0 aromatic heterocycles. The summed E-state index contributed by atoms with van der Waals surface area (Å²) in [6.45, 7) is 6.01. The van der Waals surface area contributed by atoms with Gasteiger partial charge in [-0.05, 0) is 31.0 Å². The molecule has 1 aliphatic heterocycles. The SMILES string of the molecule is C=CCNc1ccc(C(=O)N2CCCC2)cc1N. The molecule has 0 radical (unpaired) electrons. The van der Waals surface area contributed by atoms with Crippen LogP contribution in [0.15, 0.2) is 30.9 Å². The van der Waals surface area contributed by atoms with Gasteiger partial charge in [0.25, 0.3) is 5.91 Å². The number of anilines is 2. The fraction of sp³-hybridized carbons (Fsp3) is 0.357. The van der Waals surface area contributed by atoms with Crippen LogP contribution in [-0.2, 0) is 0 Å². The van der Waals surface area contributed by atoms with Crippen LogP contribution in [0.3, 0.4) is 0 Å². The van der Waals surface area contributed by atoms with Gasteiger partial charge >= 0.3 is 0 Å². The number of likely N-dealkylation sites (tertiary alicyclic amines) is 1. The summed E-state index contributed by atoms with van der Waals surface area (Å²) in [5.41, 5.74) is 8.04. The van der Waals surface area contributed by atoms with Crippen molar-refractivity contribution in [1.82, 2.24) is 4.90 Å². The van der Waals surface area contributed by atoms with Crippen molar-refractivity contribution >= 4 is 17.3 Å². The zero-order chi connectivity index (χ0) is 13.0. The predicted octanol–water partition coefficient (Wildman–Crippen LogP) is 2.10. The first-order chi connectivity index (χ1) is 8.72. The number of nitrogens with two attached hydrogens (primary N) is 1. The Morgan fingerprint density at radius 3 is 2.78 bits per heavy atom. The normalized spacial score (nSPS) is 14.6. The number of carbonyl (C=O) groups excluding carboxylic acids is 1. The molecule has 1 aromatic rings. The van der Waals surface area contributed by atoms with Gasteiger partial charge < -0.3 is 16.0 Å². The molecule has 1 saturated heterocycles.